The summed E-state index contributed by atoms with van der Waals surface area (Å²) in [6, 6.07) is 4.68. The van der Waals surface area contributed by atoms with Gasteiger partial charge in [0.05, 0.1) is 6.10 Å². The second-order valence-corrected chi connectivity index (χ2v) is 6.96. The van der Waals surface area contributed by atoms with Crippen molar-refractivity contribution in [2.24, 2.45) is 0 Å². The zero-order valence-electron chi connectivity index (χ0n) is 12.6. The van der Waals surface area contributed by atoms with Gasteiger partial charge in [0.2, 0.25) is 0 Å². The zero-order chi connectivity index (χ0) is 14.1. The lowest BCUT2D eigenvalue weighted by molar-refractivity contribution is 0.0335. The van der Waals surface area contributed by atoms with Crippen LogP contribution in [0.5, 0.6) is 0 Å². The van der Waals surface area contributed by atoms with Gasteiger partial charge in [0.15, 0.2) is 0 Å². The first-order valence-electron chi connectivity index (χ1n) is 7.74. The summed E-state index contributed by atoms with van der Waals surface area (Å²) in [6.45, 7) is 8.89. The van der Waals surface area contributed by atoms with Crippen LogP contribution in [0.25, 0.3) is 0 Å². The van der Waals surface area contributed by atoms with Crippen molar-refractivity contribution in [2.45, 2.75) is 57.7 Å². The highest BCUT2D eigenvalue weighted by Gasteiger charge is 2.54. The summed E-state index contributed by atoms with van der Waals surface area (Å²) in [5, 5.41) is 10.7. The van der Waals surface area contributed by atoms with Gasteiger partial charge in [0.25, 0.3) is 0 Å². The summed E-state index contributed by atoms with van der Waals surface area (Å²) in [7, 11) is 0. The van der Waals surface area contributed by atoms with Crippen molar-refractivity contribution in [1.29, 1.82) is 0 Å². The molecule has 1 aromatic rings. The summed E-state index contributed by atoms with van der Waals surface area (Å²) in [6.07, 6.45) is 4.04. The van der Waals surface area contributed by atoms with Crippen LogP contribution in [0.3, 0.4) is 0 Å². The van der Waals surface area contributed by atoms with E-state index in [9.17, 15) is 5.11 Å². The van der Waals surface area contributed by atoms with Gasteiger partial charge in [-0.2, -0.15) is 0 Å². The third kappa shape index (κ3) is 1.41. The Morgan fingerprint density at radius 3 is 2.80 bits per heavy atom. The van der Waals surface area contributed by atoms with Gasteiger partial charge >= 0.3 is 0 Å². The van der Waals surface area contributed by atoms with Gasteiger partial charge in [-0.25, -0.2) is 0 Å². The van der Waals surface area contributed by atoms with Crippen molar-refractivity contribution < 1.29 is 5.11 Å². The van der Waals surface area contributed by atoms with Gasteiger partial charge in [0.1, 0.15) is 0 Å². The molecule has 3 atom stereocenters. The SMILES string of the molecule is Cc1cc2c(cc1C)C1C(O)CC=C3CCN(C2)C31C. The Kier molecular flexibility index (Phi) is 2.49. The number of benzene rings is 1. The fraction of sp³-hybridized carbons (Fsp3) is 0.556. The van der Waals surface area contributed by atoms with E-state index in [1.807, 2.05) is 0 Å². The maximum atomic E-state index is 10.7. The molecule has 0 aromatic heterocycles. The lowest BCUT2D eigenvalue weighted by atomic mass is 9.65. The van der Waals surface area contributed by atoms with E-state index in [0.717, 1.165) is 19.5 Å². The molecule has 3 unspecified atom stereocenters. The summed E-state index contributed by atoms with van der Waals surface area (Å²) in [5.41, 5.74) is 7.14. The molecule has 4 rings (SSSR count). The molecule has 3 aliphatic rings. The van der Waals surface area contributed by atoms with E-state index >= 15 is 0 Å². The van der Waals surface area contributed by atoms with Gasteiger partial charge in [-0.3, -0.25) is 4.90 Å². The van der Waals surface area contributed by atoms with Crippen molar-refractivity contribution in [2.75, 3.05) is 6.54 Å². The summed E-state index contributed by atoms with van der Waals surface area (Å²) in [4.78, 5) is 2.59. The Balaban J connectivity index is 1.96. The molecule has 2 heteroatoms. The van der Waals surface area contributed by atoms with Crippen LogP contribution in [0.4, 0.5) is 0 Å². The Morgan fingerprint density at radius 1 is 1.25 bits per heavy atom. The van der Waals surface area contributed by atoms with Gasteiger partial charge in [0, 0.05) is 24.5 Å². The first-order valence-corrected chi connectivity index (χ1v) is 7.74. The van der Waals surface area contributed by atoms with Crippen LogP contribution >= 0.6 is 0 Å². The molecular formula is C18H23NO. The smallest absolute Gasteiger partial charge is 0.0664 e. The van der Waals surface area contributed by atoms with Crippen LogP contribution in [-0.2, 0) is 6.54 Å². The molecule has 1 aromatic carbocycles. The van der Waals surface area contributed by atoms with E-state index in [1.54, 1.807) is 5.57 Å². The quantitative estimate of drug-likeness (QED) is 0.732. The summed E-state index contributed by atoms with van der Waals surface area (Å²) < 4.78 is 0. The minimum Gasteiger partial charge on any atom is -0.392 e. The number of fused-ring (bicyclic) bond motifs is 2. The fourth-order valence-corrected chi connectivity index (χ4v) is 4.71. The number of hydrogen-bond donors (Lipinski definition) is 1. The maximum Gasteiger partial charge on any atom is 0.0664 e. The Hall–Kier alpha value is -1.12. The lowest BCUT2D eigenvalue weighted by Crippen LogP contribution is -2.55. The highest BCUT2D eigenvalue weighted by atomic mass is 16.3. The predicted molar refractivity (Wildman–Crippen MR) is 80.8 cm³/mol. The molecule has 2 aliphatic heterocycles. The normalized spacial score (nSPS) is 35.5. The van der Waals surface area contributed by atoms with Crippen LogP contribution in [0.2, 0.25) is 0 Å². The molecule has 1 aliphatic carbocycles. The molecule has 1 fully saturated rings. The number of rotatable bonds is 0. The number of nitrogens with zero attached hydrogens (tertiary/aromatic N) is 1. The number of hydrogen-bond acceptors (Lipinski definition) is 2. The molecule has 1 saturated heterocycles. The molecule has 20 heavy (non-hydrogen) atoms. The third-order valence-electron chi connectivity index (χ3n) is 6.01. The standard InChI is InChI=1S/C18H23NO/c1-11-8-13-10-19-7-6-14-4-5-16(20)17(18(14,19)3)15(13)9-12(11)2/h4,8-9,16-17,20H,5-7,10H2,1-3H3. The van der Waals surface area contributed by atoms with E-state index in [-0.39, 0.29) is 17.6 Å². The van der Waals surface area contributed by atoms with Crippen LogP contribution in [0.1, 0.15) is 47.9 Å². The number of aliphatic hydroxyl groups excluding tert-OH is 1. The second-order valence-electron chi connectivity index (χ2n) is 6.96. The Labute approximate surface area is 121 Å². The van der Waals surface area contributed by atoms with Gasteiger partial charge in [-0.05, 0) is 55.9 Å². The van der Waals surface area contributed by atoms with E-state index in [0.29, 0.717) is 0 Å². The highest BCUT2D eigenvalue weighted by Crippen LogP contribution is 2.54. The molecule has 1 N–H and O–H groups in total. The van der Waals surface area contributed by atoms with E-state index in [1.165, 1.54) is 28.7 Å². The van der Waals surface area contributed by atoms with Crippen molar-refractivity contribution in [3.8, 4) is 0 Å². The molecule has 106 valence electrons. The minimum atomic E-state index is -0.245. The Bertz CT molecular complexity index is 618. The summed E-state index contributed by atoms with van der Waals surface area (Å²) in [5.74, 6) is 0.244. The highest BCUT2D eigenvalue weighted by molar-refractivity contribution is 5.48. The first-order chi connectivity index (χ1) is 9.51. The average molecular weight is 269 g/mol. The van der Waals surface area contributed by atoms with Crippen molar-refractivity contribution in [3.63, 3.8) is 0 Å². The van der Waals surface area contributed by atoms with Crippen molar-refractivity contribution in [3.05, 3.63) is 46.0 Å². The van der Waals surface area contributed by atoms with E-state index in [2.05, 4.69) is 43.9 Å². The monoisotopic (exact) mass is 269 g/mol. The predicted octanol–water partition coefficient (Wildman–Crippen LogP) is 3.06. The average Bonchev–Trinajstić information content (AvgIpc) is 2.71. The molecule has 0 amide bonds. The molecule has 0 spiro atoms. The third-order valence-corrected chi connectivity index (χ3v) is 6.01. The minimum absolute atomic E-state index is 0.0480. The zero-order valence-corrected chi connectivity index (χ0v) is 12.6. The van der Waals surface area contributed by atoms with E-state index in [4.69, 9.17) is 0 Å². The maximum absolute atomic E-state index is 10.7. The first kappa shape index (κ1) is 12.6. The fourth-order valence-electron chi connectivity index (χ4n) is 4.71. The molecule has 0 saturated carbocycles. The second kappa shape index (κ2) is 3.96. The van der Waals surface area contributed by atoms with Gasteiger partial charge in [-0.15, -0.1) is 0 Å². The summed E-state index contributed by atoms with van der Waals surface area (Å²) >= 11 is 0. The largest absolute Gasteiger partial charge is 0.392 e. The molecule has 2 nitrogen and oxygen atoms in total. The topological polar surface area (TPSA) is 23.5 Å². The molecular weight excluding hydrogens is 246 g/mol. The van der Waals surface area contributed by atoms with Gasteiger partial charge in [-0.1, -0.05) is 23.8 Å². The molecule has 0 bridgehead atoms. The van der Waals surface area contributed by atoms with Crippen LogP contribution < -0.4 is 0 Å². The van der Waals surface area contributed by atoms with Crippen molar-refractivity contribution >= 4 is 0 Å². The molecule has 2 heterocycles. The van der Waals surface area contributed by atoms with Crippen LogP contribution in [-0.4, -0.2) is 28.2 Å². The van der Waals surface area contributed by atoms with Crippen molar-refractivity contribution in [1.82, 2.24) is 4.90 Å². The van der Waals surface area contributed by atoms with E-state index < -0.39 is 0 Å². The van der Waals surface area contributed by atoms with Crippen LogP contribution in [0.15, 0.2) is 23.8 Å². The van der Waals surface area contributed by atoms with Crippen LogP contribution in [0, 0.1) is 13.8 Å². The lowest BCUT2D eigenvalue weighted by Gasteiger charge is -2.51. The Morgan fingerprint density at radius 2 is 2.00 bits per heavy atom. The van der Waals surface area contributed by atoms with Gasteiger partial charge < -0.3 is 5.11 Å². The molecule has 0 radical (unpaired) electrons. The number of aryl methyl sites for hydroxylation is 2. The number of aliphatic hydroxyl groups is 1.